The molecule has 0 aliphatic carbocycles. The molecule has 0 aromatic rings. The molecule has 0 rings (SSSR count). The molecule has 0 radical (unpaired) electrons. The SMILES string of the molecule is CCC(C)N(CC)C(C)(CN)CC(OC)OC. The van der Waals surface area contributed by atoms with Crippen LogP contribution in [0, 0.1) is 0 Å². The highest BCUT2D eigenvalue weighted by atomic mass is 16.7. The number of hydrogen-bond acceptors (Lipinski definition) is 4. The summed E-state index contributed by atoms with van der Waals surface area (Å²) in [6, 6.07) is 0.517. The second-order valence-electron chi connectivity index (χ2n) is 4.85. The van der Waals surface area contributed by atoms with Crippen molar-refractivity contribution < 1.29 is 9.47 Å². The molecule has 0 saturated carbocycles. The van der Waals surface area contributed by atoms with Gasteiger partial charge in [-0.1, -0.05) is 13.8 Å². The summed E-state index contributed by atoms with van der Waals surface area (Å²) in [4.78, 5) is 2.44. The summed E-state index contributed by atoms with van der Waals surface area (Å²) < 4.78 is 10.6. The van der Waals surface area contributed by atoms with Crippen LogP contribution < -0.4 is 5.73 Å². The molecule has 0 heterocycles. The quantitative estimate of drug-likeness (QED) is 0.631. The first-order valence-corrected chi connectivity index (χ1v) is 6.51. The Bertz CT molecular complexity index is 198. The van der Waals surface area contributed by atoms with Crippen LogP contribution in [-0.4, -0.2) is 50.1 Å². The second-order valence-corrected chi connectivity index (χ2v) is 4.85. The van der Waals surface area contributed by atoms with Gasteiger partial charge in [0.15, 0.2) is 6.29 Å². The molecule has 4 heteroatoms. The maximum Gasteiger partial charge on any atom is 0.158 e. The average Bonchev–Trinajstić information content (AvgIpc) is 2.36. The van der Waals surface area contributed by atoms with Crippen LogP contribution in [0.3, 0.4) is 0 Å². The molecule has 0 aromatic heterocycles. The monoisotopic (exact) mass is 246 g/mol. The first-order valence-electron chi connectivity index (χ1n) is 6.51. The van der Waals surface area contributed by atoms with Crippen molar-refractivity contribution in [3.63, 3.8) is 0 Å². The molecule has 0 bridgehead atoms. The molecule has 0 spiro atoms. The Balaban J connectivity index is 4.82. The molecule has 0 aromatic carbocycles. The van der Waals surface area contributed by atoms with E-state index in [1.54, 1.807) is 14.2 Å². The van der Waals surface area contributed by atoms with Crippen LogP contribution in [0.4, 0.5) is 0 Å². The van der Waals surface area contributed by atoms with Crippen LogP contribution in [0.25, 0.3) is 0 Å². The summed E-state index contributed by atoms with van der Waals surface area (Å²) in [5.74, 6) is 0. The van der Waals surface area contributed by atoms with Gasteiger partial charge in [0.2, 0.25) is 0 Å². The Hall–Kier alpha value is -0.160. The van der Waals surface area contributed by atoms with Gasteiger partial charge >= 0.3 is 0 Å². The maximum atomic E-state index is 5.98. The number of hydrogen-bond donors (Lipinski definition) is 1. The zero-order valence-electron chi connectivity index (χ0n) is 12.3. The molecule has 2 unspecified atom stereocenters. The van der Waals surface area contributed by atoms with E-state index in [2.05, 4.69) is 32.6 Å². The third-order valence-electron chi connectivity index (χ3n) is 3.73. The Kier molecular flexibility index (Phi) is 7.96. The molecular weight excluding hydrogens is 216 g/mol. The number of rotatable bonds is 9. The standard InChI is InChI=1S/C13H30N2O2/c1-7-11(3)15(8-2)13(4,10-14)9-12(16-5)17-6/h11-12H,7-10,14H2,1-6H3. The lowest BCUT2D eigenvalue weighted by molar-refractivity contribution is -0.131. The van der Waals surface area contributed by atoms with Gasteiger partial charge in [-0.25, -0.2) is 0 Å². The minimum absolute atomic E-state index is 0.0825. The Labute approximate surface area is 106 Å². The fraction of sp³-hybridized carbons (Fsp3) is 1.00. The number of methoxy groups -OCH3 is 2. The Morgan fingerprint density at radius 2 is 1.76 bits per heavy atom. The van der Waals surface area contributed by atoms with Gasteiger partial charge in [0.05, 0.1) is 0 Å². The Morgan fingerprint density at radius 3 is 2.06 bits per heavy atom. The first kappa shape index (κ1) is 16.8. The lowest BCUT2D eigenvalue weighted by Crippen LogP contribution is -2.56. The van der Waals surface area contributed by atoms with E-state index < -0.39 is 0 Å². The lowest BCUT2D eigenvalue weighted by atomic mass is 9.92. The van der Waals surface area contributed by atoms with Crippen LogP contribution in [0.15, 0.2) is 0 Å². The molecule has 0 aliphatic rings. The highest BCUT2D eigenvalue weighted by Crippen LogP contribution is 2.25. The molecular formula is C13H30N2O2. The summed E-state index contributed by atoms with van der Waals surface area (Å²) in [6.07, 6.45) is 1.71. The van der Waals surface area contributed by atoms with E-state index in [0.717, 1.165) is 19.4 Å². The van der Waals surface area contributed by atoms with Crippen molar-refractivity contribution in [1.82, 2.24) is 4.90 Å². The normalized spacial score (nSPS) is 17.5. The van der Waals surface area contributed by atoms with E-state index >= 15 is 0 Å². The third kappa shape index (κ3) is 4.54. The van der Waals surface area contributed by atoms with Gasteiger partial charge in [0, 0.05) is 38.8 Å². The molecule has 2 atom stereocenters. The van der Waals surface area contributed by atoms with E-state index in [9.17, 15) is 0 Å². The van der Waals surface area contributed by atoms with E-state index in [0.29, 0.717) is 12.6 Å². The molecule has 0 saturated heterocycles. The highest BCUT2D eigenvalue weighted by Gasteiger charge is 2.34. The molecule has 17 heavy (non-hydrogen) atoms. The van der Waals surface area contributed by atoms with Gasteiger partial charge < -0.3 is 15.2 Å². The Morgan fingerprint density at radius 1 is 1.24 bits per heavy atom. The van der Waals surface area contributed by atoms with E-state index in [4.69, 9.17) is 15.2 Å². The van der Waals surface area contributed by atoms with Gasteiger partial charge in [-0.2, -0.15) is 0 Å². The van der Waals surface area contributed by atoms with Gasteiger partial charge in [-0.05, 0) is 26.8 Å². The fourth-order valence-electron chi connectivity index (χ4n) is 2.39. The summed E-state index contributed by atoms with van der Waals surface area (Å²) >= 11 is 0. The van der Waals surface area contributed by atoms with Crippen molar-refractivity contribution >= 4 is 0 Å². The number of likely N-dealkylation sites (N-methyl/N-ethyl adjacent to an activating group) is 1. The van der Waals surface area contributed by atoms with Crippen LogP contribution in [0.2, 0.25) is 0 Å². The number of ether oxygens (including phenoxy) is 2. The van der Waals surface area contributed by atoms with Crippen molar-refractivity contribution in [2.24, 2.45) is 5.73 Å². The molecule has 4 nitrogen and oxygen atoms in total. The number of nitrogens with two attached hydrogens (primary N) is 1. The summed E-state index contributed by atoms with van der Waals surface area (Å²) in [6.45, 7) is 10.4. The summed E-state index contributed by atoms with van der Waals surface area (Å²) in [5, 5.41) is 0. The van der Waals surface area contributed by atoms with Crippen LogP contribution in [0.5, 0.6) is 0 Å². The van der Waals surface area contributed by atoms with Gasteiger partial charge in [-0.15, -0.1) is 0 Å². The topological polar surface area (TPSA) is 47.7 Å². The van der Waals surface area contributed by atoms with Crippen LogP contribution in [0.1, 0.15) is 40.5 Å². The average molecular weight is 246 g/mol. The third-order valence-corrected chi connectivity index (χ3v) is 3.73. The van der Waals surface area contributed by atoms with Crippen molar-refractivity contribution in [1.29, 1.82) is 0 Å². The number of nitrogens with zero attached hydrogens (tertiary/aromatic N) is 1. The van der Waals surface area contributed by atoms with Gasteiger partial charge in [0.25, 0.3) is 0 Å². The molecule has 0 aliphatic heterocycles. The predicted octanol–water partition coefficient (Wildman–Crippen LogP) is 1.83. The van der Waals surface area contributed by atoms with Crippen LogP contribution >= 0.6 is 0 Å². The molecule has 0 fully saturated rings. The van der Waals surface area contributed by atoms with Crippen molar-refractivity contribution in [3.05, 3.63) is 0 Å². The van der Waals surface area contributed by atoms with Gasteiger partial charge in [-0.3, -0.25) is 4.90 Å². The maximum absolute atomic E-state index is 5.98. The largest absolute Gasteiger partial charge is 0.356 e. The minimum atomic E-state index is -0.193. The summed E-state index contributed by atoms with van der Waals surface area (Å²) in [7, 11) is 3.34. The first-order chi connectivity index (χ1) is 7.98. The lowest BCUT2D eigenvalue weighted by Gasteiger charge is -2.45. The molecule has 104 valence electrons. The van der Waals surface area contributed by atoms with Crippen molar-refractivity contribution in [3.8, 4) is 0 Å². The van der Waals surface area contributed by atoms with Crippen molar-refractivity contribution in [2.45, 2.75) is 58.4 Å². The van der Waals surface area contributed by atoms with Crippen LogP contribution in [-0.2, 0) is 9.47 Å². The van der Waals surface area contributed by atoms with E-state index in [-0.39, 0.29) is 11.8 Å². The van der Waals surface area contributed by atoms with E-state index in [1.807, 2.05) is 0 Å². The molecule has 2 N–H and O–H groups in total. The smallest absolute Gasteiger partial charge is 0.158 e. The summed E-state index contributed by atoms with van der Waals surface area (Å²) in [5.41, 5.74) is 5.90. The van der Waals surface area contributed by atoms with Gasteiger partial charge in [0.1, 0.15) is 0 Å². The highest BCUT2D eigenvalue weighted by molar-refractivity contribution is 4.90. The second kappa shape index (κ2) is 8.03. The van der Waals surface area contributed by atoms with E-state index in [1.165, 1.54) is 0 Å². The fourth-order valence-corrected chi connectivity index (χ4v) is 2.39. The predicted molar refractivity (Wildman–Crippen MR) is 72.0 cm³/mol. The van der Waals surface area contributed by atoms with Crippen molar-refractivity contribution in [2.75, 3.05) is 27.3 Å². The minimum Gasteiger partial charge on any atom is -0.356 e. The molecule has 0 amide bonds. The zero-order valence-corrected chi connectivity index (χ0v) is 12.3. The zero-order chi connectivity index (χ0) is 13.5.